The van der Waals surface area contributed by atoms with Crippen molar-refractivity contribution in [2.75, 3.05) is 0 Å². The highest BCUT2D eigenvalue weighted by molar-refractivity contribution is 6.05. The molecule has 0 aliphatic heterocycles. The summed E-state index contributed by atoms with van der Waals surface area (Å²) in [5.41, 5.74) is 2.07. The van der Waals surface area contributed by atoms with Crippen LogP contribution in [-0.2, 0) is 4.79 Å². The van der Waals surface area contributed by atoms with Crippen LogP contribution >= 0.6 is 0 Å². The molecule has 4 saturated carbocycles. The van der Waals surface area contributed by atoms with Crippen LogP contribution in [0.3, 0.4) is 0 Å². The summed E-state index contributed by atoms with van der Waals surface area (Å²) < 4.78 is 13.6. The lowest BCUT2D eigenvalue weighted by molar-refractivity contribution is -0.137. The van der Waals surface area contributed by atoms with Crippen molar-refractivity contribution in [2.24, 2.45) is 34.5 Å². The zero-order chi connectivity index (χ0) is 19.5. The maximum Gasteiger partial charge on any atom is 0.165 e. The van der Waals surface area contributed by atoms with Gasteiger partial charge in [0.25, 0.3) is 0 Å². The van der Waals surface area contributed by atoms with Crippen LogP contribution in [0, 0.1) is 40.3 Å². The highest BCUT2D eigenvalue weighted by Gasteiger charge is 2.60. The van der Waals surface area contributed by atoms with Gasteiger partial charge in [0.05, 0.1) is 0 Å². The van der Waals surface area contributed by atoms with Crippen LogP contribution < -0.4 is 0 Å². The number of benzene rings is 1. The Labute approximate surface area is 168 Å². The number of allylic oxidation sites excluding steroid dienone is 1. The minimum Gasteiger partial charge on any atom is -0.294 e. The van der Waals surface area contributed by atoms with Crippen molar-refractivity contribution in [3.63, 3.8) is 0 Å². The first-order valence-electron chi connectivity index (χ1n) is 11.4. The third-order valence-electron chi connectivity index (χ3n) is 9.41. The van der Waals surface area contributed by atoms with E-state index in [1.807, 2.05) is 12.1 Å². The molecule has 4 aliphatic carbocycles. The third kappa shape index (κ3) is 2.66. The van der Waals surface area contributed by atoms with E-state index < -0.39 is 0 Å². The first kappa shape index (κ1) is 18.6. The number of carbonyl (C=O) groups excluding carboxylic acids is 1. The lowest BCUT2D eigenvalue weighted by atomic mass is 9.45. The molecule has 0 aromatic heterocycles. The molecule has 1 aromatic carbocycles. The van der Waals surface area contributed by atoms with Gasteiger partial charge in [0.1, 0.15) is 5.82 Å². The van der Waals surface area contributed by atoms with Crippen molar-refractivity contribution >= 4 is 11.9 Å². The van der Waals surface area contributed by atoms with Crippen molar-refractivity contribution in [3.8, 4) is 0 Å². The van der Waals surface area contributed by atoms with E-state index in [9.17, 15) is 9.18 Å². The smallest absolute Gasteiger partial charge is 0.165 e. The van der Waals surface area contributed by atoms with Gasteiger partial charge in [-0.15, -0.1) is 0 Å². The van der Waals surface area contributed by atoms with Gasteiger partial charge in [-0.25, -0.2) is 4.39 Å². The number of halogens is 1. The molecule has 4 aliphatic rings. The Morgan fingerprint density at radius 3 is 2.71 bits per heavy atom. The van der Waals surface area contributed by atoms with E-state index in [4.69, 9.17) is 0 Å². The largest absolute Gasteiger partial charge is 0.294 e. The summed E-state index contributed by atoms with van der Waals surface area (Å²) in [6.07, 6.45) is 13.4. The predicted molar refractivity (Wildman–Crippen MR) is 111 cm³/mol. The number of carbonyl (C=O) groups is 1. The Morgan fingerprint density at radius 1 is 1.04 bits per heavy atom. The number of Topliss-reactive ketones (excluding diaryl/α,β-unsaturated/α-hetero) is 1. The van der Waals surface area contributed by atoms with Crippen LogP contribution in [-0.4, -0.2) is 5.78 Å². The Bertz CT molecular complexity index is 825. The number of rotatable bonds is 1. The van der Waals surface area contributed by atoms with E-state index in [1.54, 1.807) is 12.1 Å². The summed E-state index contributed by atoms with van der Waals surface area (Å²) in [7, 11) is 0. The Morgan fingerprint density at radius 2 is 1.89 bits per heavy atom. The Balaban J connectivity index is 1.46. The molecule has 0 amide bonds. The van der Waals surface area contributed by atoms with Crippen LogP contribution in [0.4, 0.5) is 4.39 Å². The van der Waals surface area contributed by atoms with Gasteiger partial charge in [-0.2, -0.15) is 0 Å². The molecule has 0 spiro atoms. The maximum atomic E-state index is 13.6. The lowest BCUT2D eigenvalue weighted by Gasteiger charge is -2.59. The van der Waals surface area contributed by atoms with Crippen molar-refractivity contribution in [1.29, 1.82) is 0 Å². The summed E-state index contributed by atoms with van der Waals surface area (Å²) in [6, 6.07) is 6.65. The van der Waals surface area contributed by atoms with Gasteiger partial charge < -0.3 is 0 Å². The van der Waals surface area contributed by atoms with E-state index in [1.165, 1.54) is 51.0 Å². The standard InChI is InChI=1S/C26H33FO/c1-25-12-4-3-7-19(25)9-10-21-22(25)11-13-26(2)23(21)16-18(24(26)28)14-17-6-5-8-20(27)15-17/h5-6,8,14-15,19,21-23H,3-4,7,9-13,16H2,1-2H3/b18-14+/t19-,21-,22+,23-,25-,26-/m0/s1. The highest BCUT2D eigenvalue weighted by atomic mass is 19.1. The van der Waals surface area contributed by atoms with Gasteiger partial charge in [-0.05, 0) is 103 Å². The van der Waals surface area contributed by atoms with E-state index in [0.29, 0.717) is 23.0 Å². The molecule has 5 rings (SSSR count). The predicted octanol–water partition coefficient (Wildman–Crippen LogP) is 6.82. The molecule has 4 fully saturated rings. The van der Waals surface area contributed by atoms with Crippen LogP contribution in [0.25, 0.3) is 6.08 Å². The van der Waals surface area contributed by atoms with Gasteiger partial charge in [-0.3, -0.25) is 4.79 Å². The van der Waals surface area contributed by atoms with Gasteiger partial charge in [0, 0.05) is 5.41 Å². The van der Waals surface area contributed by atoms with E-state index in [2.05, 4.69) is 13.8 Å². The second-order valence-electron chi connectivity index (χ2n) is 10.6. The molecule has 2 heteroatoms. The fourth-order valence-corrected chi connectivity index (χ4v) is 7.89. The average Bonchev–Trinajstić information content (AvgIpc) is 2.92. The number of hydrogen-bond acceptors (Lipinski definition) is 1. The molecule has 1 nitrogen and oxygen atoms in total. The normalized spacial score (nSPS) is 44.1. The summed E-state index contributed by atoms with van der Waals surface area (Å²) in [6.45, 7) is 4.81. The molecule has 0 N–H and O–H groups in total. The summed E-state index contributed by atoms with van der Waals surface area (Å²) in [5, 5.41) is 0. The second kappa shape index (κ2) is 6.54. The van der Waals surface area contributed by atoms with Crippen LogP contribution in [0.1, 0.15) is 77.2 Å². The van der Waals surface area contributed by atoms with E-state index >= 15 is 0 Å². The van der Waals surface area contributed by atoms with E-state index in [0.717, 1.165) is 35.8 Å². The summed E-state index contributed by atoms with van der Waals surface area (Å²) in [5.74, 6) is 3.00. The van der Waals surface area contributed by atoms with Crippen LogP contribution in [0.15, 0.2) is 29.8 Å². The van der Waals surface area contributed by atoms with Gasteiger partial charge >= 0.3 is 0 Å². The fraction of sp³-hybridized carbons (Fsp3) is 0.654. The molecule has 1 aromatic rings. The van der Waals surface area contributed by atoms with Gasteiger partial charge in [-0.1, -0.05) is 38.8 Å². The molecule has 0 heterocycles. The van der Waals surface area contributed by atoms with Crippen LogP contribution in [0.2, 0.25) is 0 Å². The molecule has 150 valence electrons. The van der Waals surface area contributed by atoms with Gasteiger partial charge in [0.15, 0.2) is 5.78 Å². The number of ketones is 1. The Hall–Kier alpha value is -1.44. The van der Waals surface area contributed by atoms with E-state index in [-0.39, 0.29) is 11.2 Å². The summed E-state index contributed by atoms with van der Waals surface area (Å²) >= 11 is 0. The maximum absolute atomic E-state index is 13.6. The van der Waals surface area contributed by atoms with Crippen molar-refractivity contribution < 1.29 is 9.18 Å². The van der Waals surface area contributed by atoms with Gasteiger partial charge in [0.2, 0.25) is 0 Å². The third-order valence-corrected chi connectivity index (χ3v) is 9.41. The molecular formula is C26H33FO. The van der Waals surface area contributed by atoms with Crippen molar-refractivity contribution in [1.82, 2.24) is 0 Å². The number of hydrogen-bond donors (Lipinski definition) is 0. The topological polar surface area (TPSA) is 17.1 Å². The van der Waals surface area contributed by atoms with Crippen molar-refractivity contribution in [2.45, 2.75) is 71.6 Å². The molecular weight excluding hydrogens is 347 g/mol. The molecule has 6 atom stereocenters. The summed E-state index contributed by atoms with van der Waals surface area (Å²) in [4.78, 5) is 13.4. The first-order chi connectivity index (χ1) is 13.4. The first-order valence-corrected chi connectivity index (χ1v) is 11.4. The second-order valence-corrected chi connectivity index (χ2v) is 10.6. The highest BCUT2D eigenvalue weighted by Crippen LogP contribution is 2.66. The minimum absolute atomic E-state index is 0.196. The van der Waals surface area contributed by atoms with Crippen LogP contribution in [0.5, 0.6) is 0 Å². The SMILES string of the molecule is C[C@]12CCCC[C@H]1CC[C@H]1[C@H]2CC[C@]2(C)C(=O)/C(=C/c3cccc(F)c3)C[C@@H]12. The van der Waals surface area contributed by atoms with Crippen molar-refractivity contribution in [3.05, 3.63) is 41.2 Å². The fourth-order valence-electron chi connectivity index (χ4n) is 7.89. The monoisotopic (exact) mass is 380 g/mol. The number of fused-ring (bicyclic) bond motifs is 5. The zero-order valence-corrected chi connectivity index (χ0v) is 17.3. The molecule has 0 saturated heterocycles. The molecule has 0 bridgehead atoms. The minimum atomic E-state index is -0.230. The lowest BCUT2D eigenvalue weighted by Crippen LogP contribution is -2.52. The molecule has 0 radical (unpaired) electrons. The molecule has 0 unspecified atom stereocenters. The molecule has 28 heavy (non-hydrogen) atoms. The zero-order valence-electron chi connectivity index (χ0n) is 17.3. The average molecular weight is 381 g/mol. The quantitative estimate of drug-likeness (QED) is 0.488. The Kier molecular flexibility index (Phi) is 4.34.